The van der Waals surface area contributed by atoms with Gasteiger partial charge in [-0.15, -0.1) is 0 Å². The average Bonchev–Trinajstić information content (AvgIpc) is 2.48. The Kier molecular flexibility index (Phi) is 2.88. The largest absolute Gasteiger partial charge is 0.390 e. The van der Waals surface area contributed by atoms with Crippen LogP contribution in [-0.4, -0.2) is 55.4 Å². The molecule has 1 aliphatic heterocycles. The number of carbonyl (C=O) groups is 1. The highest BCUT2D eigenvalue weighted by Gasteiger charge is 2.30. The summed E-state index contributed by atoms with van der Waals surface area (Å²) < 4.78 is 0. The number of likely N-dealkylation sites (N-methyl/N-ethyl adjacent to an activating group) is 1. The third-order valence-electron chi connectivity index (χ3n) is 2.18. The van der Waals surface area contributed by atoms with Crippen molar-refractivity contribution in [3.05, 3.63) is 0 Å². The molecular formula is C7H15N3O2. The lowest BCUT2D eigenvalue weighted by atomic mass is 10.2. The summed E-state index contributed by atoms with van der Waals surface area (Å²) in [5.74, 6) is 0. The van der Waals surface area contributed by atoms with E-state index in [1.807, 2.05) is 0 Å². The Hall–Kier alpha value is -0.810. The minimum absolute atomic E-state index is 0.107. The molecule has 1 aliphatic rings. The van der Waals surface area contributed by atoms with Crippen molar-refractivity contribution in [1.29, 1.82) is 0 Å². The van der Waals surface area contributed by atoms with Crippen molar-refractivity contribution >= 4 is 6.03 Å². The Bertz CT molecular complexity index is 174. The monoisotopic (exact) mass is 173 g/mol. The predicted molar refractivity (Wildman–Crippen MR) is 44.9 cm³/mol. The number of β-amino-alcohol motifs (C(OH)–C–C–N with tert-alkyl or cyclic N) is 1. The van der Waals surface area contributed by atoms with Gasteiger partial charge in [-0.1, -0.05) is 0 Å². The van der Waals surface area contributed by atoms with Gasteiger partial charge in [0.2, 0.25) is 0 Å². The second-order valence-electron chi connectivity index (χ2n) is 2.96. The van der Waals surface area contributed by atoms with Gasteiger partial charge in [-0.3, -0.25) is 0 Å². The van der Waals surface area contributed by atoms with Crippen LogP contribution in [-0.2, 0) is 0 Å². The first kappa shape index (κ1) is 9.28. The van der Waals surface area contributed by atoms with E-state index in [-0.39, 0.29) is 12.1 Å². The number of urea groups is 1. The molecule has 70 valence electrons. The smallest absolute Gasteiger partial charge is 0.317 e. The van der Waals surface area contributed by atoms with Crippen LogP contribution < -0.4 is 10.6 Å². The Morgan fingerprint density at radius 2 is 2.33 bits per heavy atom. The van der Waals surface area contributed by atoms with Crippen LogP contribution >= 0.6 is 0 Å². The fourth-order valence-corrected chi connectivity index (χ4v) is 1.37. The van der Waals surface area contributed by atoms with E-state index in [0.717, 1.165) is 0 Å². The third-order valence-corrected chi connectivity index (χ3v) is 2.18. The van der Waals surface area contributed by atoms with Gasteiger partial charge in [-0.05, 0) is 0 Å². The van der Waals surface area contributed by atoms with Crippen LogP contribution in [0.15, 0.2) is 0 Å². The van der Waals surface area contributed by atoms with Crippen LogP contribution in [0.1, 0.15) is 0 Å². The number of rotatable bonds is 1. The van der Waals surface area contributed by atoms with E-state index in [2.05, 4.69) is 10.6 Å². The predicted octanol–water partition coefficient (Wildman–Crippen LogP) is -1.41. The van der Waals surface area contributed by atoms with Crippen LogP contribution in [0, 0.1) is 0 Å². The second-order valence-corrected chi connectivity index (χ2v) is 2.96. The van der Waals surface area contributed by atoms with Crippen molar-refractivity contribution in [3.63, 3.8) is 0 Å². The topological polar surface area (TPSA) is 64.6 Å². The SMILES string of the molecule is CNC(=O)N(C)[C@@H]1CNC[C@H]1O. The number of carbonyl (C=O) groups excluding carboxylic acids is 1. The van der Waals surface area contributed by atoms with Crippen molar-refractivity contribution < 1.29 is 9.90 Å². The van der Waals surface area contributed by atoms with Crippen LogP contribution in [0.2, 0.25) is 0 Å². The van der Waals surface area contributed by atoms with E-state index in [9.17, 15) is 9.90 Å². The molecule has 0 spiro atoms. The summed E-state index contributed by atoms with van der Waals surface area (Å²) in [6, 6.07) is -0.271. The molecule has 5 heteroatoms. The van der Waals surface area contributed by atoms with Crippen LogP contribution in [0.4, 0.5) is 4.79 Å². The normalized spacial score (nSPS) is 28.6. The molecule has 3 N–H and O–H groups in total. The third kappa shape index (κ3) is 1.67. The van der Waals surface area contributed by atoms with E-state index in [1.54, 1.807) is 14.1 Å². The summed E-state index contributed by atoms with van der Waals surface area (Å²) in [6.45, 7) is 1.22. The summed E-state index contributed by atoms with van der Waals surface area (Å²) in [7, 11) is 3.26. The first-order valence-corrected chi connectivity index (χ1v) is 4.00. The molecule has 12 heavy (non-hydrogen) atoms. The molecule has 1 fully saturated rings. The van der Waals surface area contributed by atoms with Crippen molar-refractivity contribution in [2.45, 2.75) is 12.1 Å². The van der Waals surface area contributed by atoms with Gasteiger partial charge in [-0.25, -0.2) is 4.79 Å². The molecule has 0 unspecified atom stereocenters. The Labute approximate surface area is 71.7 Å². The molecule has 0 aromatic heterocycles. The number of nitrogens with zero attached hydrogens (tertiary/aromatic N) is 1. The van der Waals surface area contributed by atoms with E-state index >= 15 is 0 Å². The maximum Gasteiger partial charge on any atom is 0.317 e. The number of aliphatic hydroxyl groups is 1. The summed E-state index contributed by atoms with van der Waals surface area (Å²) in [6.07, 6.45) is -0.452. The molecule has 1 rings (SSSR count). The van der Waals surface area contributed by atoms with Crippen molar-refractivity contribution in [3.8, 4) is 0 Å². The van der Waals surface area contributed by atoms with Gasteiger partial charge in [0.1, 0.15) is 0 Å². The van der Waals surface area contributed by atoms with Gasteiger partial charge in [0.05, 0.1) is 12.1 Å². The maximum atomic E-state index is 11.1. The highest BCUT2D eigenvalue weighted by molar-refractivity contribution is 5.74. The molecule has 0 aliphatic carbocycles. The number of hydrogen-bond acceptors (Lipinski definition) is 3. The molecule has 0 aromatic carbocycles. The molecule has 1 heterocycles. The van der Waals surface area contributed by atoms with Gasteiger partial charge in [0.25, 0.3) is 0 Å². The highest BCUT2D eigenvalue weighted by atomic mass is 16.3. The quantitative estimate of drug-likeness (QED) is 0.456. The number of hydrogen-bond donors (Lipinski definition) is 3. The van der Waals surface area contributed by atoms with Crippen LogP contribution in [0.3, 0.4) is 0 Å². The maximum absolute atomic E-state index is 11.1. The second kappa shape index (κ2) is 3.73. The summed E-state index contributed by atoms with van der Waals surface area (Å²) in [4.78, 5) is 12.6. The molecular weight excluding hydrogens is 158 g/mol. The highest BCUT2D eigenvalue weighted by Crippen LogP contribution is 2.06. The fraction of sp³-hybridized carbons (Fsp3) is 0.857. The van der Waals surface area contributed by atoms with Gasteiger partial charge in [0, 0.05) is 27.2 Å². The standard InChI is InChI=1S/C7H15N3O2/c1-8-7(12)10(2)5-3-9-4-6(5)11/h5-6,9,11H,3-4H2,1-2H3,(H,8,12)/t5-,6-/m1/s1. The Morgan fingerprint density at radius 3 is 2.75 bits per heavy atom. The van der Waals surface area contributed by atoms with Gasteiger partial charge >= 0.3 is 6.03 Å². The lowest BCUT2D eigenvalue weighted by molar-refractivity contribution is 0.111. The molecule has 0 aromatic rings. The number of amides is 2. The van der Waals surface area contributed by atoms with Crippen molar-refractivity contribution in [2.24, 2.45) is 0 Å². The van der Waals surface area contributed by atoms with E-state index < -0.39 is 6.10 Å². The molecule has 0 bridgehead atoms. The number of aliphatic hydroxyl groups excluding tert-OH is 1. The molecule has 5 nitrogen and oxygen atoms in total. The zero-order valence-electron chi connectivity index (χ0n) is 7.37. The van der Waals surface area contributed by atoms with Crippen LogP contribution in [0.25, 0.3) is 0 Å². The van der Waals surface area contributed by atoms with Crippen molar-refractivity contribution in [1.82, 2.24) is 15.5 Å². The number of nitrogens with one attached hydrogen (secondary N) is 2. The van der Waals surface area contributed by atoms with Gasteiger partial charge in [0.15, 0.2) is 0 Å². The summed E-state index contributed by atoms with van der Waals surface area (Å²) in [5.41, 5.74) is 0. The Balaban J connectivity index is 2.51. The minimum atomic E-state index is -0.452. The molecule has 0 radical (unpaired) electrons. The first-order valence-electron chi connectivity index (χ1n) is 4.00. The lowest BCUT2D eigenvalue weighted by Crippen LogP contribution is -2.47. The van der Waals surface area contributed by atoms with E-state index in [1.165, 1.54) is 4.90 Å². The van der Waals surface area contributed by atoms with Crippen LogP contribution in [0.5, 0.6) is 0 Å². The van der Waals surface area contributed by atoms with Crippen molar-refractivity contribution in [2.75, 3.05) is 27.2 Å². The summed E-state index contributed by atoms with van der Waals surface area (Å²) in [5, 5.41) is 14.9. The van der Waals surface area contributed by atoms with Gasteiger partial charge in [-0.2, -0.15) is 0 Å². The molecule has 2 atom stereocenters. The first-order chi connectivity index (χ1) is 5.66. The van der Waals surface area contributed by atoms with E-state index in [4.69, 9.17) is 0 Å². The molecule has 1 saturated heterocycles. The summed E-state index contributed by atoms with van der Waals surface area (Å²) >= 11 is 0. The fourth-order valence-electron chi connectivity index (χ4n) is 1.37. The molecule has 0 saturated carbocycles. The molecule has 2 amide bonds. The minimum Gasteiger partial charge on any atom is -0.390 e. The van der Waals surface area contributed by atoms with Gasteiger partial charge < -0.3 is 20.6 Å². The zero-order valence-corrected chi connectivity index (χ0v) is 7.37. The zero-order chi connectivity index (χ0) is 9.14. The Morgan fingerprint density at radius 1 is 1.67 bits per heavy atom. The lowest BCUT2D eigenvalue weighted by Gasteiger charge is -2.25. The van der Waals surface area contributed by atoms with E-state index in [0.29, 0.717) is 13.1 Å². The average molecular weight is 173 g/mol.